The molecule has 0 saturated heterocycles. The summed E-state index contributed by atoms with van der Waals surface area (Å²) in [5, 5.41) is 0. The molecule has 0 spiro atoms. The van der Waals surface area contributed by atoms with E-state index in [1.807, 2.05) is 0 Å². The van der Waals surface area contributed by atoms with Crippen LogP contribution >= 0.6 is 0 Å². The average Bonchev–Trinajstić information content (AvgIpc) is 2.11. The highest BCUT2D eigenvalue weighted by molar-refractivity contribution is 4.77. The standard InChI is InChI=1S/C12H24/c1-4-7-9-11-12(6-3)10-8-5-2/h4,7,12H,5-6,8-11H2,1-3H3/b7-4-. The van der Waals surface area contributed by atoms with Crippen LogP contribution in [0, 0.1) is 5.92 Å². The molecule has 0 fully saturated rings. The largest absolute Gasteiger partial charge is 0.0917 e. The van der Waals surface area contributed by atoms with Crippen molar-refractivity contribution in [1.82, 2.24) is 0 Å². The molecule has 0 nitrogen and oxygen atoms in total. The zero-order valence-corrected chi connectivity index (χ0v) is 8.97. The van der Waals surface area contributed by atoms with E-state index < -0.39 is 0 Å². The van der Waals surface area contributed by atoms with Crippen LogP contribution in [0.3, 0.4) is 0 Å². The molecule has 0 aliphatic rings. The van der Waals surface area contributed by atoms with E-state index in [0.29, 0.717) is 0 Å². The molecule has 0 aromatic heterocycles. The Kier molecular flexibility index (Phi) is 8.64. The molecule has 0 aliphatic heterocycles. The smallest absolute Gasteiger partial charge is 0.0348 e. The van der Waals surface area contributed by atoms with Gasteiger partial charge in [-0.1, -0.05) is 51.7 Å². The Morgan fingerprint density at radius 3 is 2.42 bits per heavy atom. The first-order valence-electron chi connectivity index (χ1n) is 5.46. The molecule has 0 heterocycles. The first-order valence-corrected chi connectivity index (χ1v) is 5.46. The van der Waals surface area contributed by atoms with E-state index in [1.165, 1.54) is 38.5 Å². The summed E-state index contributed by atoms with van der Waals surface area (Å²) in [7, 11) is 0. The second-order valence-corrected chi connectivity index (χ2v) is 3.56. The minimum Gasteiger partial charge on any atom is -0.0917 e. The number of unbranched alkanes of at least 4 members (excludes halogenated alkanes) is 1. The van der Waals surface area contributed by atoms with Gasteiger partial charge in [0.1, 0.15) is 0 Å². The fraction of sp³-hybridized carbons (Fsp3) is 0.833. The summed E-state index contributed by atoms with van der Waals surface area (Å²) in [4.78, 5) is 0. The first-order chi connectivity index (χ1) is 5.85. The molecule has 0 bridgehead atoms. The highest BCUT2D eigenvalue weighted by atomic mass is 14.1. The van der Waals surface area contributed by atoms with Crippen LogP contribution in [0.1, 0.15) is 59.3 Å². The van der Waals surface area contributed by atoms with Gasteiger partial charge in [-0.05, 0) is 25.7 Å². The SMILES string of the molecule is C/C=C\CCC(CC)CCCC. The van der Waals surface area contributed by atoms with Gasteiger partial charge in [-0.15, -0.1) is 0 Å². The second kappa shape index (κ2) is 8.83. The van der Waals surface area contributed by atoms with E-state index in [1.54, 1.807) is 0 Å². The normalized spacial score (nSPS) is 13.9. The van der Waals surface area contributed by atoms with Crippen LogP contribution < -0.4 is 0 Å². The highest BCUT2D eigenvalue weighted by Gasteiger charge is 2.03. The van der Waals surface area contributed by atoms with Gasteiger partial charge < -0.3 is 0 Å². The summed E-state index contributed by atoms with van der Waals surface area (Å²) < 4.78 is 0. The van der Waals surface area contributed by atoms with Gasteiger partial charge >= 0.3 is 0 Å². The van der Waals surface area contributed by atoms with E-state index in [2.05, 4.69) is 32.9 Å². The Morgan fingerprint density at radius 1 is 1.17 bits per heavy atom. The lowest BCUT2D eigenvalue weighted by molar-refractivity contribution is 0.425. The average molecular weight is 168 g/mol. The van der Waals surface area contributed by atoms with Crippen molar-refractivity contribution in [3.8, 4) is 0 Å². The molecule has 72 valence electrons. The van der Waals surface area contributed by atoms with Crippen LogP contribution in [0.4, 0.5) is 0 Å². The quantitative estimate of drug-likeness (QED) is 0.489. The monoisotopic (exact) mass is 168 g/mol. The van der Waals surface area contributed by atoms with Crippen molar-refractivity contribution in [1.29, 1.82) is 0 Å². The van der Waals surface area contributed by atoms with Crippen LogP contribution in [0.2, 0.25) is 0 Å². The van der Waals surface area contributed by atoms with Crippen LogP contribution in [0.25, 0.3) is 0 Å². The number of hydrogen-bond donors (Lipinski definition) is 0. The summed E-state index contributed by atoms with van der Waals surface area (Å²) >= 11 is 0. The molecular weight excluding hydrogens is 144 g/mol. The number of allylic oxidation sites excluding steroid dienone is 2. The predicted octanol–water partition coefficient (Wildman–Crippen LogP) is 4.56. The molecule has 0 aromatic rings. The minimum atomic E-state index is 0.973. The lowest BCUT2D eigenvalue weighted by atomic mass is 9.94. The van der Waals surface area contributed by atoms with Gasteiger partial charge in [-0.3, -0.25) is 0 Å². The van der Waals surface area contributed by atoms with Crippen molar-refractivity contribution >= 4 is 0 Å². The van der Waals surface area contributed by atoms with Gasteiger partial charge in [0.05, 0.1) is 0 Å². The minimum absolute atomic E-state index is 0.973. The molecule has 0 aliphatic carbocycles. The Balaban J connectivity index is 3.39. The summed E-state index contributed by atoms with van der Waals surface area (Å²) in [6, 6.07) is 0. The van der Waals surface area contributed by atoms with E-state index in [0.717, 1.165) is 5.92 Å². The number of rotatable bonds is 7. The van der Waals surface area contributed by atoms with Gasteiger partial charge in [0.15, 0.2) is 0 Å². The third kappa shape index (κ3) is 6.45. The molecule has 0 N–H and O–H groups in total. The van der Waals surface area contributed by atoms with Crippen LogP contribution in [0.5, 0.6) is 0 Å². The zero-order chi connectivity index (χ0) is 9.23. The van der Waals surface area contributed by atoms with Crippen LogP contribution in [0.15, 0.2) is 12.2 Å². The van der Waals surface area contributed by atoms with Crippen molar-refractivity contribution in [2.75, 3.05) is 0 Å². The lowest BCUT2D eigenvalue weighted by Crippen LogP contribution is -1.97. The van der Waals surface area contributed by atoms with E-state index in [4.69, 9.17) is 0 Å². The van der Waals surface area contributed by atoms with Gasteiger partial charge in [0.25, 0.3) is 0 Å². The zero-order valence-electron chi connectivity index (χ0n) is 8.97. The van der Waals surface area contributed by atoms with Crippen molar-refractivity contribution in [2.24, 2.45) is 5.92 Å². The third-order valence-electron chi connectivity index (χ3n) is 2.52. The summed E-state index contributed by atoms with van der Waals surface area (Å²) in [5.74, 6) is 0.973. The van der Waals surface area contributed by atoms with E-state index in [-0.39, 0.29) is 0 Å². The maximum atomic E-state index is 2.32. The number of hydrogen-bond acceptors (Lipinski definition) is 0. The van der Waals surface area contributed by atoms with Gasteiger partial charge in [0, 0.05) is 0 Å². The van der Waals surface area contributed by atoms with Gasteiger partial charge in [-0.2, -0.15) is 0 Å². The van der Waals surface area contributed by atoms with Crippen LogP contribution in [-0.4, -0.2) is 0 Å². The predicted molar refractivity (Wildman–Crippen MR) is 57.4 cm³/mol. The maximum absolute atomic E-state index is 2.32. The molecule has 0 heteroatoms. The van der Waals surface area contributed by atoms with Gasteiger partial charge in [-0.25, -0.2) is 0 Å². The summed E-state index contributed by atoms with van der Waals surface area (Å²) in [5.41, 5.74) is 0. The third-order valence-corrected chi connectivity index (χ3v) is 2.52. The Labute approximate surface area is 78.1 Å². The molecule has 0 rings (SSSR count). The molecule has 1 atom stereocenters. The van der Waals surface area contributed by atoms with Crippen molar-refractivity contribution in [3.63, 3.8) is 0 Å². The Hall–Kier alpha value is -0.260. The molecule has 0 aromatic carbocycles. The molecular formula is C12H24. The van der Waals surface area contributed by atoms with Crippen molar-refractivity contribution in [2.45, 2.75) is 59.3 Å². The van der Waals surface area contributed by atoms with Crippen molar-refractivity contribution < 1.29 is 0 Å². The summed E-state index contributed by atoms with van der Waals surface area (Å²) in [6.45, 7) is 6.70. The first kappa shape index (κ1) is 11.7. The second-order valence-electron chi connectivity index (χ2n) is 3.56. The van der Waals surface area contributed by atoms with Crippen molar-refractivity contribution in [3.05, 3.63) is 12.2 Å². The summed E-state index contributed by atoms with van der Waals surface area (Å²) in [6.07, 6.45) is 12.7. The van der Waals surface area contributed by atoms with Gasteiger partial charge in [0.2, 0.25) is 0 Å². The molecule has 0 radical (unpaired) electrons. The molecule has 0 saturated carbocycles. The lowest BCUT2D eigenvalue weighted by Gasteiger charge is -2.12. The maximum Gasteiger partial charge on any atom is -0.0348 e. The molecule has 1 unspecified atom stereocenters. The van der Waals surface area contributed by atoms with E-state index in [9.17, 15) is 0 Å². The highest BCUT2D eigenvalue weighted by Crippen LogP contribution is 2.18. The fourth-order valence-corrected chi connectivity index (χ4v) is 1.54. The van der Waals surface area contributed by atoms with E-state index >= 15 is 0 Å². The topological polar surface area (TPSA) is 0 Å². The Morgan fingerprint density at radius 2 is 1.92 bits per heavy atom. The van der Waals surface area contributed by atoms with Crippen LogP contribution in [-0.2, 0) is 0 Å². The fourth-order valence-electron chi connectivity index (χ4n) is 1.54. The molecule has 0 amide bonds. The molecule has 12 heavy (non-hydrogen) atoms. The Bertz CT molecular complexity index is 103.